The van der Waals surface area contributed by atoms with Crippen LogP contribution in [0.4, 0.5) is 18.9 Å². The lowest BCUT2D eigenvalue weighted by atomic mass is 10.1. The van der Waals surface area contributed by atoms with Gasteiger partial charge in [0.05, 0.1) is 24.2 Å². The predicted octanol–water partition coefficient (Wildman–Crippen LogP) is 5.02. The monoisotopic (exact) mass is 418 g/mol. The van der Waals surface area contributed by atoms with Gasteiger partial charge in [0, 0.05) is 29.1 Å². The summed E-state index contributed by atoms with van der Waals surface area (Å²) in [6.45, 7) is 1.39. The maximum Gasteiger partial charge on any atom is 0.416 e. The van der Waals surface area contributed by atoms with Gasteiger partial charge >= 0.3 is 12.1 Å². The minimum atomic E-state index is -4.35. The summed E-state index contributed by atoms with van der Waals surface area (Å²) < 4.78 is 38.3. The van der Waals surface area contributed by atoms with E-state index in [1.54, 1.807) is 6.07 Å². The van der Waals surface area contributed by atoms with Crippen molar-refractivity contribution in [3.05, 3.63) is 70.2 Å². The molecule has 4 nitrogen and oxygen atoms in total. The molecule has 0 saturated heterocycles. The molecule has 150 valence electrons. The summed E-state index contributed by atoms with van der Waals surface area (Å²) in [4.78, 5) is 18.8. The van der Waals surface area contributed by atoms with Gasteiger partial charge in [-0.2, -0.15) is 13.2 Å². The molecule has 8 heteroatoms. The lowest BCUT2D eigenvalue weighted by molar-refractivity contribution is -0.138. The Morgan fingerprint density at radius 3 is 2.62 bits per heavy atom. The third-order valence-corrected chi connectivity index (χ3v) is 5.95. The van der Waals surface area contributed by atoms with E-state index in [4.69, 9.17) is 5.11 Å². The highest BCUT2D eigenvalue weighted by molar-refractivity contribution is 7.15. The second kappa shape index (κ2) is 7.51. The van der Waals surface area contributed by atoms with Crippen LogP contribution in [0.3, 0.4) is 0 Å². The van der Waals surface area contributed by atoms with Crippen LogP contribution in [0, 0.1) is 0 Å². The van der Waals surface area contributed by atoms with E-state index in [0.29, 0.717) is 17.1 Å². The van der Waals surface area contributed by atoms with Crippen molar-refractivity contribution in [2.75, 3.05) is 11.4 Å². The van der Waals surface area contributed by atoms with Gasteiger partial charge in [-0.1, -0.05) is 24.3 Å². The molecular formula is C21H17F3N2O2S. The number of thiazole rings is 1. The van der Waals surface area contributed by atoms with Crippen molar-refractivity contribution in [2.45, 2.75) is 25.6 Å². The Balaban J connectivity index is 1.54. The topological polar surface area (TPSA) is 53.4 Å². The minimum absolute atomic E-state index is 0.0223. The molecule has 1 aromatic heterocycles. The van der Waals surface area contributed by atoms with Crippen molar-refractivity contribution in [3.8, 4) is 10.6 Å². The van der Waals surface area contributed by atoms with Crippen LogP contribution in [-0.4, -0.2) is 22.6 Å². The molecule has 4 rings (SSSR count). The summed E-state index contributed by atoms with van der Waals surface area (Å²) in [5.74, 6) is -0.869. The SMILES string of the molecule is O=C(O)Cc1cccc(N2CCc3nc(-c4ccc(C(F)(F)F)cc4)sc3C2)c1. The zero-order chi connectivity index (χ0) is 20.6. The fraction of sp³-hybridized carbons (Fsp3) is 0.238. The number of carbonyl (C=O) groups is 1. The number of aliphatic carboxylic acids is 1. The minimum Gasteiger partial charge on any atom is -0.481 e. The Bertz CT molecular complexity index is 1040. The molecule has 0 bridgehead atoms. The normalized spacial score (nSPS) is 14.0. The average molecular weight is 418 g/mol. The average Bonchev–Trinajstić information content (AvgIpc) is 3.10. The molecule has 1 aliphatic rings. The van der Waals surface area contributed by atoms with Crippen molar-refractivity contribution < 1.29 is 23.1 Å². The first-order chi connectivity index (χ1) is 13.8. The van der Waals surface area contributed by atoms with Gasteiger partial charge in [-0.25, -0.2) is 4.98 Å². The fourth-order valence-electron chi connectivity index (χ4n) is 3.38. The number of anilines is 1. The summed E-state index contributed by atoms with van der Waals surface area (Å²) >= 11 is 1.49. The molecule has 0 spiro atoms. The first-order valence-electron chi connectivity index (χ1n) is 9.01. The van der Waals surface area contributed by atoms with Gasteiger partial charge in [0.1, 0.15) is 5.01 Å². The van der Waals surface area contributed by atoms with Gasteiger partial charge in [-0.05, 0) is 29.8 Å². The van der Waals surface area contributed by atoms with Crippen molar-refractivity contribution in [1.29, 1.82) is 0 Å². The van der Waals surface area contributed by atoms with E-state index in [2.05, 4.69) is 9.88 Å². The lowest BCUT2D eigenvalue weighted by Gasteiger charge is -2.28. The van der Waals surface area contributed by atoms with Crippen LogP contribution in [0.5, 0.6) is 0 Å². The van der Waals surface area contributed by atoms with Gasteiger partial charge < -0.3 is 10.0 Å². The predicted molar refractivity (Wildman–Crippen MR) is 105 cm³/mol. The lowest BCUT2D eigenvalue weighted by Crippen LogP contribution is -2.29. The number of benzene rings is 2. The van der Waals surface area contributed by atoms with Crippen LogP contribution in [-0.2, 0) is 30.4 Å². The number of carboxylic acid groups (broad SMARTS) is 1. The Morgan fingerprint density at radius 2 is 1.93 bits per heavy atom. The van der Waals surface area contributed by atoms with E-state index in [1.807, 2.05) is 18.2 Å². The van der Waals surface area contributed by atoms with Crippen LogP contribution in [0.25, 0.3) is 10.6 Å². The van der Waals surface area contributed by atoms with Gasteiger partial charge in [-0.3, -0.25) is 4.79 Å². The van der Waals surface area contributed by atoms with Gasteiger partial charge in [0.15, 0.2) is 0 Å². The van der Waals surface area contributed by atoms with Crippen molar-refractivity contribution in [1.82, 2.24) is 4.98 Å². The molecule has 0 atom stereocenters. The third kappa shape index (κ3) is 4.27. The zero-order valence-corrected chi connectivity index (χ0v) is 16.1. The zero-order valence-electron chi connectivity index (χ0n) is 15.2. The van der Waals surface area contributed by atoms with Crippen LogP contribution in [0.2, 0.25) is 0 Å². The summed E-state index contributed by atoms with van der Waals surface area (Å²) in [6, 6.07) is 12.6. The summed E-state index contributed by atoms with van der Waals surface area (Å²) in [5.41, 5.74) is 2.68. The number of nitrogens with zero attached hydrogens (tertiary/aromatic N) is 2. The first-order valence-corrected chi connectivity index (χ1v) is 9.83. The largest absolute Gasteiger partial charge is 0.481 e. The van der Waals surface area contributed by atoms with E-state index >= 15 is 0 Å². The number of hydrogen-bond acceptors (Lipinski definition) is 4. The van der Waals surface area contributed by atoms with Crippen molar-refractivity contribution in [2.24, 2.45) is 0 Å². The molecular weight excluding hydrogens is 401 g/mol. The highest BCUT2D eigenvalue weighted by atomic mass is 32.1. The molecule has 1 N–H and O–H groups in total. The number of aromatic nitrogens is 1. The maximum absolute atomic E-state index is 12.8. The van der Waals surface area contributed by atoms with Crippen LogP contribution in [0.1, 0.15) is 21.7 Å². The van der Waals surface area contributed by atoms with Crippen molar-refractivity contribution >= 4 is 23.0 Å². The molecule has 29 heavy (non-hydrogen) atoms. The number of alkyl halides is 3. The first kappa shape index (κ1) is 19.4. The van der Waals surface area contributed by atoms with E-state index in [-0.39, 0.29) is 6.42 Å². The second-order valence-electron chi connectivity index (χ2n) is 6.88. The highest BCUT2D eigenvalue weighted by Crippen LogP contribution is 2.35. The third-order valence-electron chi connectivity index (χ3n) is 4.82. The molecule has 3 aromatic rings. The summed E-state index contributed by atoms with van der Waals surface area (Å²) in [7, 11) is 0. The maximum atomic E-state index is 12.8. The number of rotatable bonds is 4. The van der Waals surface area contributed by atoms with Gasteiger partial charge in [0.2, 0.25) is 0 Å². The van der Waals surface area contributed by atoms with Crippen LogP contribution in [0.15, 0.2) is 48.5 Å². The van der Waals surface area contributed by atoms with E-state index < -0.39 is 17.7 Å². The van der Waals surface area contributed by atoms with Gasteiger partial charge in [0.25, 0.3) is 0 Å². The van der Waals surface area contributed by atoms with Crippen molar-refractivity contribution in [3.63, 3.8) is 0 Å². The van der Waals surface area contributed by atoms with Crippen LogP contribution < -0.4 is 4.90 Å². The van der Waals surface area contributed by atoms with Crippen LogP contribution >= 0.6 is 11.3 Å². The molecule has 0 amide bonds. The van der Waals surface area contributed by atoms with Gasteiger partial charge in [-0.15, -0.1) is 11.3 Å². The Kier molecular flexibility index (Phi) is 5.04. The number of carboxylic acids is 1. The Labute approximate surface area is 169 Å². The summed E-state index contributed by atoms with van der Waals surface area (Å²) in [5, 5.41) is 9.70. The number of halogens is 3. The highest BCUT2D eigenvalue weighted by Gasteiger charge is 2.30. The molecule has 0 aliphatic carbocycles. The number of fused-ring (bicyclic) bond motifs is 1. The fourth-order valence-corrected chi connectivity index (χ4v) is 4.51. The van der Waals surface area contributed by atoms with E-state index in [1.165, 1.54) is 23.5 Å². The Morgan fingerprint density at radius 1 is 1.17 bits per heavy atom. The quantitative estimate of drug-likeness (QED) is 0.647. The smallest absolute Gasteiger partial charge is 0.416 e. The van der Waals surface area contributed by atoms with E-state index in [0.717, 1.165) is 46.9 Å². The Hall–Kier alpha value is -2.87. The van der Waals surface area contributed by atoms with E-state index in [9.17, 15) is 18.0 Å². The molecule has 0 saturated carbocycles. The molecule has 2 aromatic carbocycles. The molecule has 2 heterocycles. The molecule has 0 fully saturated rings. The molecule has 1 aliphatic heterocycles. The number of hydrogen-bond donors (Lipinski definition) is 1. The summed E-state index contributed by atoms with van der Waals surface area (Å²) in [6.07, 6.45) is -3.64. The molecule has 0 radical (unpaired) electrons. The standard InChI is InChI=1S/C21H17F3N2O2S/c22-21(23,24)15-6-4-14(5-7-15)20-25-17-8-9-26(12-18(17)29-20)16-3-1-2-13(10-16)11-19(27)28/h1-7,10H,8-9,11-12H2,(H,27,28). The molecule has 0 unspecified atom stereocenters. The second-order valence-corrected chi connectivity index (χ2v) is 7.96.